The van der Waals surface area contributed by atoms with Gasteiger partial charge in [0.15, 0.2) is 0 Å². The molecule has 4 amide bonds. The maximum atomic E-state index is 12.8. The van der Waals surface area contributed by atoms with Crippen molar-refractivity contribution < 1.29 is 19.2 Å². The molecule has 2 aliphatic rings. The number of fused-ring (bicyclic) bond motifs is 1. The normalized spacial score (nSPS) is 17.9. The van der Waals surface area contributed by atoms with E-state index in [9.17, 15) is 19.2 Å². The van der Waals surface area contributed by atoms with Gasteiger partial charge < -0.3 is 10.2 Å². The van der Waals surface area contributed by atoms with E-state index in [1.807, 2.05) is 25.7 Å². The number of likely N-dealkylation sites (tertiary alicyclic amines) is 1. The van der Waals surface area contributed by atoms with Crippen molar-refractivity contribution in [3.05, 3.63) is 34.9 Å². The van der Waals surface area contributed by atoms with Gasteiger partial charge in [0.1, 0.15) is 0 Å². The minimum Gasteiger partial charge on any atom is -0.349 e. The van der Waals surface area contributed by atoms with Crippen LogP contribution in [0.5, 0.6) is 0 Å². The number of nitrogens with zero attached hydrogens (tertiary/aromatic N) is 2. The van der Waals surface area contributed by atoms with Crippen molar-refractivity contribution in [2.75, 3.05) is 13.1 Å². The zero-order valence-corrected chi connectivity index (χ0v) is 18.7. The van der Waals surface area contributed by atoms with E-state index in [4.69, 9.17) is 0 Å². The number of rotatable bonds is 2. The van der Waals surface area contributed by atoms with Crippen LogP contribution in [-0.2, 0) is 4.79 Å². The molecule has 7 nitrogen and oxygen atoms in total. The molecule has 2 heterocycles. The molecule has 0 saturated carbocycles. The average Bonchev–Trinajstić information content (AvgIpc) is 2.91. The van der Waals surface area contributed by atoms with Gasteiger partial charge in [-0.2, -0.15) is 0 Å². The van der Waals surface area contributed by atoms with Crippen molar-refractivity contribution in [2.24, 2.45) is 5.41 Å². The third-order valence-electron chi connectivity index (χ3n) is 5.58. The summed E-state index contributed by atoms with van der Waals surface area (Å²) in [7, 11) is 0. The molecule has 7 heteroatoms. The Labute approximate surface area is 177 Å². The van der Waals surface area contributed by atoms with Gasteiger partial charge >= 0.3 is 0 Å². The molecule has 1 saturated heterocycles. The Morgan fingerprint density at radius 2 is 1.50 bits per heavy atom. The SMILES string of the molecule is CC(C)(C)C(=O)N1CCC(NC(=O)c2ccc3c(c2)C(=O)N(C(C)(C)C)C3=O)CC1. The van der Waals surface area contributed by atoms with E-state index in [1.54, 1.807) is 32.9 Å². The predicted molar refractivity (Wildman–Crippen MR) is 113 cm³/mol. The van der Waals surface area contributed by atoms with Crippen LogP contribution in [-0.4, -0.2) is 58.1 Å². The smallest absolute Gasteiger partial charge is 0.262 e. The molecule has 30 heavy (non-hydrogen) atoms. The van der Waals surface area contributed by atoms with E-state index in [0.29, 0.717) is 37.1 Å². The Morgan fingerprint density at radius 3 is 2.03 bits per heavy atom. The van der Waals surface area contributed by atoms with Crippen molar-refractivity contribution in [2.45, 2.75) is 66.0 Å². The molecule has 1 fully saturated rings. The highest BCUT2D eigenvalue weighted by Crippen LogP contribution is 2.30. The van der Waals surface area contributed by atoms with Gasteiger partial charge in [-0.15, -0.1) is 0 Å². The molecule has 0 unspecified atom stereocenters. The fourth-order valence-corrected chi connectivity index (χ4v) is 3.96. The quantitative estimate of drug-likeness (QED) is 0.756. The van der Waals surface area contributed by atoms with Gasteiger partial charge in [0.2, 0.25) is 5.91 Å². The van der Waals surface area contributed by atoms with Crippen LogP contribution in [0.2, 0.25) is 0 Å². The van der Waals surface area contributed by atoms with Gasteiger partial charge in [0, 0.05) is 35.6 Å². The second kappa shape index (κ2) is 7.52. The summed E-state index contributed by atoms with van der Waals surface area (Å²) in [6, 6.07) is 4.62. The molecule has 162 valence electrons. The lowest BCUT2D eigenvalue weighted by atomic mass is 9.93. The zero-order valence-electron chi connectivity index (χ0n) is 18.7. The van der Waals surface area contributed by atoms with E-state index in [0.717, 1.165) is 0 Å². The zero-order chi connectivity index (χ0) is 22.4. The van der Waals surface area contributed by atoms with Crippen LogP contribution in [0, 0.1) is 5.41 Å². The number of amides is 4. The Hall–Kier alpha value is -2.70. The minimum absolute atomic E-state index is 0.0295. The molecule has 0 atom stereocenters. The van der Waals surface area contributed by atoms with Crippen LogP contribution in [0.3, 0.4) is 0 Å². The molecule has 0 aliphatic carbocycles. The van der Waals surface area contributed by atoms with Crippen LogP contribution < -0.4 is 5.32 Å². The Kier molecular flexibility index (Phi) is 5.52. The number of piperidine rings is 1. The van der Waals surface area contributed by atoms with E-state index >= 15 is 0 Å². The van der Waals surface area contributed by atoms with Crippen LogP contribution in [0.25, 0.3) is 0 Å². The second-order valence-electron chi connectivity index (χ2n) is 10.2. The summed E-state index contributed by atoms with van der Waals surface area (Å²) >= 11 is 0. The molecule has 1 aromatic carbocycles. The first-order chi connectivity index (χ1) is 13.8. The Bertz CT molecular complexity index is 900. The van der Waals surface area contributed by atoms with Crippen molar-refractivity contribution >= 4 is 23.6 Å². The standard InChI is InChI=1S/C23H31N3O4/c1-22(2,3)21(30)25-11-9-15(10-12-25)24-18(27)14-7-8-16-17(13-14)20(29)26(19(16)28)23(4,5)6/h7-8,13,15H,9-12H2,1-6H3,(H,24,27). The van der Waals surface area contributed by atoms with Gasteiger partial charge in [0.25, 0.3) is 17.7 Å². The summed E-state index contributed by atoms with van der Waals surface area (Å²) < 4.78 is 0. The highest BCUT2D eigenvalue weighted by atomic mass is 16.2. The number of carbonyl (C=O) groups excluding carboxylic acids is 4. The van der Waals surface area contributed by atoms with E-state index in [-0.39, 0.29) is 35.2 Å². The lowest BCUT2D eigenvalue weighted by Gasteiger charge is -2.36. The molecule has 0 bridgehead atoms. The maximum Gasteiger partial charge on any atom is 0.262 e. The summed E-state index contributed by atoms with van der Waals surface area (Å²) in [6.45, 7) is 12.4. The molecule has 1 aromatic rings. The van der Waals surface area contributed by atoms with E-state index in [1.165, 1.54) is 11.0 Å². The summed E-state index contributed by atoms with van der Waals surface area (Å²) in [6.07, 6.45) is 1.38. The lowest BCUT2D eigenvalue weighted by molar-refractivity contribution is -0.140. The van der Waals surface area contributed by atoms with Crippen LogP contribution >= 0.6 is 0 Å². The number of hydrogen-bond acceptors (Lipinski definition) is 4. The third kappa shape index (κ3) is 4.11. The number of carbonyl (C=O) groups is 4. The summed E-state index contributed by atoms with van der Waals surface area (Å²) in [5.41, 5.74) is -0.0769. The molecule has 0 radical (unpaired) electrons. The first-order valence-corrected chi connectivity index (χ1v) is 10.4. The Balaban J connectivity index is 1.66. The highest BCUT2D eigenvalue weighted by molar-refractivity contribution is 6.22. The van der Waals surface area contributed by atoms with Gasteiger partial charge in [-0.05, 0) is 51.8 Å². The summed E-state index contributed by atoms with van der Waals surface area (Å²) in [5.74, 6) is -0.846. The van der Waals surface area contributed by atoms with Crippen LogP contribution in [0.4, 0.5) is 0 Å². The van der Waals surface area contributed by atoms with Crippen molar-refractivity contribution in [3.8, 4) is 0 Å². The average molecular weight is 414 g/mol. The van der Waals surface area contributed by atoms with Crippen molar-refractivity contribution in [3.63, 3.8) is 0 Å². The monoisotopic (exact) mass is 413 g/mol. The highest BCUT2D eigenvalue weighted by Gasteiger charge is 2.42. The largest absolute Gasteiger partial charge is 0.349 e. The van der Waals surface area contributed by atoms with Gasteiger partial charge in [0.05, 0.1) is 11.1 Å². The summed E-state index contributed by atoms with van der Waals surface area (Å²) in [4.78, 5) is 53.6. The predicted octanol–water partition coefficient (Wildman–Crippen LogP) is 2.85. The molecular weight excluding hydrogens is 382 g/mol. The van der Waals surface area contributed by atoms with E-state index in [2.05, 4.69) is 5.32 Å². The number of benzene rings is 1. The fourth-order valence-electron chi connectivity index (χ4n) is 3.96. The number of nitrogens with one attached hydrogen (secondary N) is 1. The maximum absolute atomic E-state index is 12.8. The molecule has 2 aliphatic heterocycles. The molecular formula is C23H31N3O4. The minimum atomic E-state index is -0.631. The molecule has 1 N–H and O–H groups in total. The number of hydrogen-bond donors (Lipinski definition) is 1. The molecule has 3 rings (SSSR count). The topological polar surface area (TPSA) is 86.8 Å². The first kappa shape index (κ1) is 22.0. The summed E-state index contributed by atoms with van der Waals surface area (Å²) in [5, 5.41) is 3.01. The molecule has 0 aromatic heterocycles. The number of imide groups is 1. The molecule has 0 spiro atoms. The third-order valence-corrected chi connectivity index (χ3v) is 5.58. The van der Waals surface area contributed by atoms with Gasteiger partial charge in [-0.25, -0.2) is 0 Å². The fraction of sp³-hybridized carbons (Fsp3) is 0.565. The van der Waals surface area contributed by atoms with Crippen LogP contribution in [0.1, 0.15) is 85.5 Å². The van der Waals surface area contributed by atoms with Crippen LogP contribution in [0.15, 0.2) is 18.2 Å². The van der Waals surface area contributed by atoms with Crippen molar-refractivity contribution in [1.82, 2.24) is 15.1 Å². The Morgan fingerprint density at radius 1 is 0.933 bits per heavy atom. The van der Waals surface area contributed by atoms with Gasteiger partial charge in [-0.3, -0.25) is 24.1 Å². The van der Waals surface area contributed by atoms with Crippen molar-refractivity contribution in [1.29, 1.82) is 0 Å². The van der Waals surface area contributed by atoms with E-state index < -0.39 is 11.0 Å². The lowest BCUT2D eigenvalue weighted by Crippen LogP contribution is -2.49. The first-order valence-electron chi connectivity index (χ1n) is 10.4. The second-order valence-corrected chi connectivity index (χ2v) is 10.2. The van der Waals surface area contributed by atoms with Gasteiger partial charge in [-0.1, -0.05) is 20.8 Å².